The van der Waals surface area contributed by atoms with Crippen molar-refractivity contribution in [3.05, 3.63) is 47.5 Å². The standard InChI is InChI=1S/C14H17N/c1-11-6-7-12-4-3-5-13(8-9-15-2)14(12)10-11/h3-7,10,15H,8-9H2,1-2H3. The maximum atomic E-state index is 3.20. The third kappa shape index (κ3) is 2.18. The second-order valence-corrected chi connectivity index (χ2v) is 4.00. The van der Waals surface area contributed by atoms with Crippen LogP contribution in [0.1, 0.15) is 11.1 Å². The predicted octanol–water partition coefficient (Wildman–Crippen LogP) is 2.91. The van der Waals surface area contributed by atoms with Crippen molar-refractivity contribution in [1.29, 1.82) is 0 Å². The molecule has 0 aromatic heterocycles. The van der Waals surface area contributed by atoms with E-state index < -0.39 is 0 Å². The summed E-state index contributed by atoms with van der Waals surface area (Å²) in [6.45, 7) is 3.18. The van der Waals surface area contributed by atoms with Gasteiger partial charge in [0.1, 0.15) is 0 Å². The molecule has 1 heteroatoms. The van der Waals surface area contributed by atoms with E-state index in [-0.39, 0.29) is 0 Å². The van der Waals surface area contributed by atoms with Crippen molar-refractivity contribution in [3.8, 4) is 0 Å². The molecule has 0 saturated heterocycles. The summed E-state index contributed by atoms with van der Waals surface area (Å²) in [4.78, 5) is 0. The lowest BCUT2D eigenvalue weighted by Gasteiger charge is -2.07. The van der Waals surface area contributed by atoms with E-state index in [1.165, 1.54) is 21.9 Å². The van der Waals surface area contributed by atoms with Crippen molar-refractivity contribution in [2.24, 2.45) is 0 Å². The third-order valence-corrected chi connectivity index (χ3v) is 2.77. The predicted molar refractivity (Wildman–Crippen MR) is 66.3 cm³/mol. The molecular formula is C14H17N. The van der Waals surface area contributed by atoms with Crippen molar-refractivity contribution in [1.82, 2.24) is 5.32 Å². The Morgan fingerprint density at radius 2 is 2.00 bits per heavy atom. The minimum absolute atomic E-state index is 1.03. The molecule has 0 aliphatic rings. The average Bonchev–Trinajstić information content (AvgIpc) is 2.26. The van der Waals surface area contributed by atoms with Crippen LogP contribution in [0.3, 0.4) is 0 Å². The van der Waals surface area contributed by atoms with Crippen LogP contribution in [0.15, 0.2) is 36.4 Å². The lowest BCUT2D eigenvalue weighted by molar-refractivity contribution is 0.795. The summed E-state index contributed by atoms with van der Waals surface area (Å²) in [5.74, 6) is 0. The number of likely N-dealkylation sites (N-methyl/N-ethyl adjacent to an activating group) is 1. The molecule has 0 atom stereocenters. The molecule has 0 bridgehead atoms. The number of nitrogens with one attached hydrogen (secondary N) is 1. The van der Waals surface area contributed by atoms with Gasteiger partial charge >= 0.3 is 0 Å². The Kier molecular flexibility index (Phi) is 3.02. The molecule has 1 N–H and O–H groups in total. The minimum atomic E-state index is 1.03. The van der Waals surface area contributed by atoms with Crippen molar-refractivity contribution in [3.63, 3.8) is 0 Å². The SMILES string of the molecule is CNCCc1cccc2ccc(C)cc12. The van der Waals surface area contributed by atoms with Gasteiger partial charge in [-0.3, -0.25) is 0 Å². The topological polar surface area (TPSA) is 12.0 Å². The van der Waals surface area contributed by atoms with Crippen LogP contribution in [-0.2, 0) is 6.42 Å². The number of aryl methyl sites for hydroxylation is 1. The maximum Gasteiger partial charge on any atom is -0.00111 e. The Morgan fingerprint density at radius 1 is 1.13 bits per heavy atom. The number of fused-ring (bicyclic) bond motifs is 1. The lowest BCUT2D eigenvalue weighted by Crippen LogP contribution is -2.10. The highest BCUT2D eigenvalue weighted by Gasteiger charge is 2.00. The highest BCUT2D eigenvalue weighted by molar-refractivity contribution is 5.86. The largest absolute Gasteiger partial charge is 0.319 e. The van der Waals surface area contributed by atoms with Crippen LogP contribution in [0.5, 0.6) is 0 Å². The van der Waals surface area contributed by atoms with Gasteiger partial charge in [0.2, 0.25) is 0 Å². The zero-order chi connectivity index (χ0) is 10.7. The van der Waals surface area contributed by atoms with Crippen LogP contribution < -0.4 is 5.32 Å². The van der Waals surface area contributed by atoms with Gasteiger partial charge in [-0.05, 0) is 43.3 Å². The Bertz CT molecular complexity index is 460. The first-order valence-electron chi connectivity index (χ1n) is 5.44. The molecular weight excluding hydrogens is 182 g/mol. The van der Waals surface area contributed by atoms with Crippen LogP contribution in [-0.4, -0.2) is 13.6 Å². The van der Waals surface area contributed by atoms with Gasteiger partial charge in [-0.15, -0.1) is 0 Å². The summed E-state index contributed by atoms with van der Waals surface area (Å²) in [6, 6.07) is 13.2. The lowest BCUT2D eigenvalue weighted by atomic mass is 10.0. The Balaban J connectivity index is 2.48. The molecule has 2 aromatic rings. The first kappa shape index (κ1) is 10.2. The van der Waals surface area contributed by atoms with Gasteiger partial charge in [-0.2, -0.15) is 0 Å². The molecule has 0 heterocycles. The van der Waals surface area contributed by atoms with Crippen LogP contribution in [0.2, 0.25) is 0 Å². The van der Waals surface area contributed by atoms with Crippen LogP contribution in [0.4, 0.5) is 0 Å². The van der Waals surface area contributed by atoms with E-state index in [0.717, 1.165) is 13.0 Å². The molecule has 0 aliphatic heterocycles. The maximum absolute atomic E-state index is 3.20. The monoisotopic (exact) mass is 199 g/mol. The first-order chi connectivity index (χ1) is 7.31. The second kappa shape index (κ2) is 4.45. The molecule has 15 heavy (non-hydrogen) atoms. The summed E-state index contributed by atoms with van der Waals surface area (Å²) in [6.07, 6.45) is 1.09. The van der Waals surface area contributed by atoms with Gasteiger partial charge in [0.15, 0.2) is 0 Å². The Labute approximate surface area is 91.1 Å². The van der Waals surface area contributed by atoms with E-state index in [9.17, 15) is 0 Å². The fourth-order valence-electron chi connectivity index (χ4n) is 1.93. The zero-order valence-corrected chi connectivity index (χ0v) is 9.38. The molecule has 0 radical (unpaired) electrons. The molecule has 0 spiro atoms. The molecule has 2 rings (SSSR count). The number of rotatable bonds is 3. The van der Waals surface area contributed by atoms with E-state index in [4.69, 9.17) is 0 Å². The Hall–Kier alpha value is -1.34. The molecule has 78 valence electrons. The van der Waals surface area contributed by atoms with Gasteiger partial charge in [-0.1, -0.05) is 42.0 Å². The van der Waals surface area contributed by atoms with E-state index in [0.29, 0.717) is 0 Å². The molecule has 1 nitrogen and oxygen atoms in total. The van der Waals surface area contributed by atoms with Gasteiger partial charge in [0.05, 0.1) is 0 Å². The van der Waals surface area contributed by atoms with Gasteiger partial charge in [-0.25, -0.2) is 0 Å². The van der Waals surface area contributed by atoms with Crippen molar-refractivity contribution >= 4 is 10.8 Å². The fourth-order valence-corrected chi connectivity index (χ4v) is 1.93. The highest BCUT2D eigenvalue weighted by atomic mass is 14.8. The highest BCUT2D eigenvalue weighted by Crippen LogP contribution is 2.20. The minimum Gasteiger partial charge on any atom is -0.319 e. The molecule has 0 saturated carbocycles. The van der Waals surface area contributed by atoms with Gasteiger partial charge in [0.25, 0.3) is 0 Å². The van der Waals surface area contributed by atoms with Crippen molar-refractivity contribution in [2.75, 3.05) is 13.6 Å². The normalized spacial score (nSPS) is 10.8. The van der Waals surface area contributed by atoms with Crippen molar-refractivity contribution in [2.45, 2.75) is 13.3 Å². The summed E-state index contributed by atoms with van der Waals surface area (Å²) in [5.41, 5.74) is 2.77. The molecule has 0 aliphatic carbocycles. The zero-order valence-electron chi connectivity index (χ0n) is 9.38. The quantitative estimate of drug-likeness (QED) is 0.801. The summed E-state index contributed by atoms with van der Waals surface area (Å²) >= 11 is 0. The van der Waals surface area contributed by atoms with Crippen LogP contribution >= 0.6 is 0 Å². The summed E-state index contributed by atoms with van der Waals surface area (Å²) in [5, 5.41) is 5.93. The second-order valence-electron chi connectivity index (χ2n) is 4.00. The summed E-state index contributed by atoms with van der Waals surface area (Å²) in [7, 11) is 2.00. The van der Waals surface area contributed by atoms with Crippen LogP contribution in [0.25, 0.3) is 10.8 Å². The molecule has 2 aromatic carbocycles. The number of benzene rings is 2. The van der Waals surface area contributed by atoms with Crippen molar-refractivity contribution < 1.29 is 0 Å². The number of hydrogen-bond acceptors (Lipinski definition) is 1. The fraction of sp³-hybridized carbons (Fsp3) is 0.286. The van der Waals surface area contributed by atoms with E-state index in [1.54, 1.807) is 0 Å². The number of hydrogen-bond donors (Lipinski definition) is 1. The summed E-state index contributed by atoms with van der Waals surface area (Å²) < 4.78 is 0. The smallest absolute Gasteiger partial charge is 0.00111 e. The Morgan fingerprint density at radius 3 is 2.80 bits per heavy atom. The van der Waals surface area contributed by atoms with Crippen LogP contribution in [0, 0.1) is 6.92 Å². The van der Waals surface area contributed by atoms with Gasteiger partial charge in [0, 0.05) is 0 Å². The molecule has 0 fully saturated rings. The van der Waals surface area contributed by atoms with E-state index in [1.807, 2.05) is 7.05 Å². The average molecular weight is 199 g/mol. The molecule has 0 amide bonds. The van der Waals surface area contributed by atoms with E-state index in [2.05, 4.69) is 48.6 Å². The van der Waals surface area contributed by atoms with E-state index >= 15 is 0 Å². The third-order valence-electron chi connectivity index (χ3n) is 2.77. The van der Waals surface area contributed by atoms with Gasteiger partial charge < -0.3 is 5.32 Å². The molecule has 0 unspecified atom stereocenters. The first-order valence-corrected chi connectivity index (χ1v) is 5.44.